The van der Waals surface area contributed by atoms with Crippen LogP contribution in [0.5, 0.6) is 0 Å². The van der Waals surface area contributed by atoms with Crippen LogP contribution < -0.4 is 10.2 Å². The lowest BCUT2D eigenvalue weighted by Crippen LogP contribution is -2.24. The van der Waals surface area contributed by atoms with E-state index < -0.39 is 0 Å². The molecule has 2 aromatic rings. The first-order chi connectivity index (χ1) is 11.4. The highest BCUT2D eigenvalue weighted by atomic mass is 15.5. The van der Waals surface area contributed by atoms with Crippen molar-refractivity contribution in [1.82, 2.24) is 20.6 Å². The third kappa shape index (κ3) is 3.66. The van der Waals surface area contributed by atoms with E-state index in [0.29, 0.717) is 5.57 Å². The highest BCUT2D eigenvalue weighted by Crippen LogP contribution is 2.28. The van der Waals surface area contributed by atoms with Gasteiger partial charge in [0.25, 0.3) is 0 Å². The number of nitrogens with one attached hydrogen (secondary N) is 2. The Labute approximate surface area is 135 Å². The zero-order valence-electron chi connectivity index (χ0n) is 12.9. The molecule has 118 valence electrons. The van der Waals surface area contributed by atoms with Crippen molar-refractivity contribution in [2.45, 2.75) is 25.7 Å². The first kappa shape index (κ1) is 15.0. The molecule has 0 atom stereocenters. The highest BCUT2D eigenvalue weighted by molar-refractivity contribution is 5.77. The van der Waals surface area contributed by atoms with Crippen molar-refractivity contribution in [2.24, 2.45) is 0 Å². The molecule has 0 radical (unpaired) electrons. The van der Waals surface area contributed by atoms with Crippen molar-refractivity contribution in [3.05, 3.63) is 36.3 Å². The van der Waals surface area contributed by atoms with Gasteiger partial charge in [0, 0.05) is 19.3 Å². The van der Waals surface area contributed by atoms with Crippen molar-refractivity contribution in [3.8, 4) is 6.07 Å². The van der Waals surface area contributed by atoms with Crippen molar-refractivity contribution >= 4 is 16.9 Å². The SMILES string of the molecule is N#CC(=CNc1ccccc1N1CCCCCC1)c1nn[nH]n1. The Morgan fingerprint density at radius 1 is 1.22 bits per heavy atom. The summed E-state index contributed by atoms with van der Waals surface area (Å²) in [5, 5.41) is 26.0. The molecule has 1 saturated heterocycles. The third-order valence-corrected chi connectivity index (χ3v) is 3.93. The standard InChI is InChI=1S/C16H19N7/c17-11-13(16-19-21-22-20-16)12-18-14-7-3-4-8-15(14)23-9-5-1-2-6-10-23/h3-4,7-8,12,18H,1-2,5-6,9-10H2,(H,19,20,21,22). The van der Waals surface area contributed by atoms with Crippen LogP contribution >= 0.6 is 0 Å². The number of anilines is 2. The van der Waals surface area contributed by atoms with E-state index in [1.807, 2.05) is 18.2 Å². The van der Waals surface area contributed by atoms with Crippen LogP contribution in [0.1, 0.15) is 31.5 Å². The minimum Gasteiger partial charge on any atom is -0.370 e. The Kier molecular flexibility index (Phi) is 4.84. The Morgan fingerprint density at radius 2 is 2.00 bits per heavy atom. The van der Waals surface area contributed by atoms with Crippen LogP contribution in [0.3, 0.4) is 0 Å². The summed E-state index contributed by atoms with van der Waals surface area (Å²) in [5.41, 5.74) is 2.48. The molecule has 3 rings (SSSR count). The van der Waals surface area contributed by atoms with Crippen LogP contribution in [0.25, 0.3) is 5.57 Å². The lowest BCUT2D eigenvalue weighted by atomic mass is 10.2. The first-order valence-electron chi connectivity index (χ1n) is 7.83. The Morgan fingerprint density at radius 3 is 2.70 bits per heavy atom. The number of aromatic nitrogens is 4. The van der Waals surface area contributed by atoms with Gasteiger partial charge in [-0.2, -0.15) is 10.5 Å². The van der Waals surface area contributed by atoms with Crippen molar-refractivity contribution in [3.63, 3.8) is 0 Å². The maximum atomic E-state index is 9.24. The molecule has 1 aliphatic rings. The average Bonchev–Trinajstić information content (AvgIpc) is 2.98. The molecule has 2 N–H and O–H groups in total. The Bertz CT molecular complexity index is 691. The summed E-state index contributed by atoms with van der Waals surface area (Å²) in [6.07, 6.45) is 6.65. The van der Waals surface area contributed by atoms with Gasteiger partial charge < -0.3 is 10.2 Å². The second-order valence-corrected chi connectivity index (χ2v) is 5.47. The summed E-state index contributed by atoms with van der Waals surface area (Å²) < 4.78 is 0. The molecule has 0 spiro atoms. The molecule has 0 bridgehead atoms. The minimum atomic E-state index is 0.284. The fourth-order valence-corrected chi connectivity index (χ4v) is 2.76. The zero-order valence-corrected chi connectivity index (χ0v) is 12.9. The molecule has 1 fully saturated rings. The van der Waals surface area contributed by atoms with Crippen molar-refractivity contribution in [1.29, 1.82) is 5.26 Å². The van der Waals surface area contributed by atoms with Gasteiger partial charge in [-0.15, -0.1) is 10.2 Å². The van der Waals surface area contributed by atoms with Gasteiger partial charge in [-0.05, 0) is 30.2 Å². The van der Waals surface area contributed by atoms with Crippen LogP contribution in [0.2, 0.25) is 0 Å². The number of nitrogens with zero attached hydrogens (tertiary/aromatic N) is 5. The van der Waals surface area contributed by atoms with Crippen LogP contribution in [-0.2, 0) is 0 Å². The molecular weight excluding hydrogens is 290 g/mol. The van der Waals surface area contributed by atoms with Crippen molar-refractivity contribution in [2.75, 3.05) is 23.3 Å². The van der Waals surface area contributed by atoms with Gasteiger partial charge in [-0.1, -0.05) is 25.0 Å². The fourth-order valence-electron chi connectivity index (χ4n) is 2.76. The molecule has 0 aliphatic carbocycles. The second kappa shape index (κ2) is 7.40. The largest absolute Gasteiger partial charge is 0.370 e. The number of rotatable bonds is 4. The van der Waals surface area contributed by atoms with Gasteiger partial charge in [0.2, 0.25) is 5.82 Å². The number of nitriles is 1. The number of aromatic amines is 1. The number of benzene rings is 1. The van der Waals surface area contributed by atoms with E-state index in [-0.39, 0.29) is 5.82 Å². The van der Waals surface area contributed by atoms with Gasteiger partial charge in [0.05, 0.1) is 11.4 Å². The third-order valence-electron chi connectivity index (χ3n) is 3.93. The molecule has 0 amide bonds. The van der Waals surface area contributed by atoms with E-state index in [4.69, 9.17) is 0 Å². The van der Waals surface area contributed by atoms with Crippen LogP contribution in [0.15, 0.2) is 30.5 Å². The van der Waals surface area contributed by atoms with Gasteiger partial charge >= 0.3 is 0 Å². The summed E-state index contributed by atoms with van der Waals surface area (Å²) in [5.74, 6) is 0.284. The van der Waals surface area contributed by atoms with E-state index in [1.54, 1.807) is 6.20 Å². The minimum absolute atomic E-state index is 0.284. The number of hydrogen-bond acceptors (Lipinski definition) is 6. The van der Waals surface area contributed by atoms with E-state index >= 15 is 0 Å². The van der Waals surface area contributed by atoms with Crippen LogP contribution in [0.4, 0.5) is 11.4 Å². The summed E-state index contributed by atoms with van der Waals surface area (Å²) in [6.45, 7) is 2.14. The number of H-pyrrole nitrogens is 1. The fraction of sp³-hybridized carbons (Fsp3) is 0.375. The summed E-state index contributed by atoms with van der Waals surface area (Å²) in [6, 6.07) is 10.2. The van der Waals surface area contributed by atoms with E-state index in [0.717, 1.165) is 24.5 Å². The molecule has 23 heavy (non-hydrogen) atoms. The van der Waals surface area contributed by atoms with Crippen LogP contribution in [0, 0.1) is 11.3 Å². The maximum absolute atomic E-state index is 9.24. The molecule has 7 nitrogen and oxygen atoms in total. The molecule has 1 aliphatic heterocycles. The summed E-state index contributed by atoms with van der Waals surface area (Å²) in [4.78, 5) is 2.41. The predicted octanol–water partition coefficient (Wildman–Crippen LogP) is 2.56. The molecule has 2 heterocycles. The van der Waals surface area contributed by atoms with E-state index in [2.05, 4.69) is 43.0 Å². The normalized spacial score (nSPS) is 15.8. The monoisotopic (exact) mass is 309 g/mol. The molecule has 0 unspecified atom stereocenters. The molecule has 1 aromatic heterocycles. The van der Waals surface area contributed by atoms with Crippen molar-refractivity contribution < 1.29 is 0 Å². The topological polar surface area (TPSA) is 93.5 Å². The van der Waals surface area contributed by atoms with Gasteiger partial charge in [-0.25, -0.2) is 0 Å². The van der Waals surface area contributed by atoms with E-state index in [9.17, 15) is 5.26 Å². The first-order valence-corrected chi connectivity index (χ1v) is 7.83. The van der Waals surface area contributed by atoms with Gasteiger partial charge in [0.15, 0.2) is 0 Å². The van der Waals surface area contributed by atoms with Crippen LogP contribution in [-0.4, -0.2) is 33.7 Å². The number of para-hydroxylation sites is 2. The molecular formula is C16H19N7. The summed E-state index contributed by atoms with van der Waals surface area (Å²) in [7, 11) is 0. The Balaban J connectivity index is 1.81. The molecule has 7 heteroatoms. The predicted molar refractivity (Wildman–Crippen MR) is 88.5 cm³/mol. The maximum Gasteiger partial charge on any atom is 0.216 e. The number of tetrazole rings is 1. The van der Waals surface area contributed by atoms with E-state index in [1.165, 1.54) is 25.7 Å². The smallest absolute Gasteiger partial charge is 0.216 e. The highest BCUT2D eigenvalue weighted by Gasteiger charge is 2.13. The number of allylic oxidation sites excluding steroid dienone is 1. The second-order valence-electron chi connectivity index (χ2n) is 5.47. The lowest BCUT2D eigenvalue weighted by Gasteiger charge is -2.25. The summed E-state index contributed by atoms with van der Waals surface area (Å²) >= 11 is 0. The van der Waals surface area contributed by atoms with Gasteiger partial charge in [0.1, 0.15) is 11.6 Å². The quantitative estimate of drug-likeness (QED) is 0.843. The van der Waals surface area contributed by atoms with Gasteiger partial charge in [-0.3, -0.25) is 0 Å². The zero-order chi connectivity index (χ0) is 15.9. The molecule has 1 aromatic carbocycles. The molecule has 0 saturated carbocycles. The number of hydrogen-bond donors (Lipinski definition) is 2. The Hall–Kier alpha value is -2.88. The average molecular weight is 309 g/mol. The lowest BCUT2D eigenvalue weighted by molar-refractivity contribution is 0.726.